The van der Waals surface area contributed by atoms with Gasteiger partial charge in [0.1, 0.15) is 0 Å². The molecule has 1 unspecified atom stereocenters. The summed E-state index contributed by atoms with van der Waals surface area (Å²) in [5.41, 5.74) is 7.95. The zero-order valence-corrected chi connectivity index (χ0v) is 9.20. The Labute approximate surface area is 85.8 Å². The van der Waals surface area contributed by atoms with E-state index in [0.717, 1.165) is 24.2 Å². The molecule has 1 heterocycles. The molecule has 2 N–H and O–H groups in total. The highest BCUT2D eigenvalue weighted by molar-refractivity contribution is 5.06. The summed E-state index contributed by atoms with van der Waals surface area (Å²) in [5.74, 6) is 0.506. The second-order valence-corrected chi connectivity index (χ2v) is 3.69. The van der Waals surface area contributed by atoms with E-state index in [-0.39, 0.29) is 6.04 Å². The van der Waals surface area contributed by atoms with E-state index in [1.807, 2.05) is 6.92 Å². The van der Waals surface area contributed by atoms with Crippen LogP contribution in [0.5, 0.6) is 0 Å². The van der Waals surface area contributed by atoms with Gasteiger partial charge in [-0.25, -0.2) is 0 Å². The molecule has 0 fully saturated rings. The normalized spacial score (nSPS) is 13.2. The molecule has 78 valence electrons. The number of aromatic nitrogens is 2. The summed E-state index contributed by atoms with van der Waals surface area (Å²) in [7, 11) is 0. The Hall–Kier alpha value is -0.960. The Morgan fingerprint density at radius 1 is 1.21 bits per heavy atom. The standard InChI is InChI=1S/C11H19N3/c1-4-9(5-2)11(12)10-7-13-8(3)6-14-10/h6-7,9,11H,4-5,12H2,1-3H3. The zero-order valence-electron chi connectivity index (χ0n) is 9.20. The lowest BCUT2D eigenvalue weighted by molar-refractivity contribution is 0.398. The highest BCUT2D eigenvalue weighted by Gasteiger charge is 2.17. The largest absolute Gasteiger partial charge is 0.322 e. The van der Waals surface area contributed by atoms with Gasteiger partial charge in [0.05, 0.1) is 23.6 Å². The fourth-order valence-electron chi connectivity index (χ4n) is 1.61. The maximum absolute atomic E-state index is 6.11. The van der Waals surface area contributed by atoms with Gasteiger partial charge < -0.3 is 5.73 Å². The number of nitrogens with two attached hydrogens (primary N) is 1. The number of aryl methyl sites for hydroxylation is 1. The summed E-state index contributed by atoms with van der Waals surface area (Å²) >= 11 is 0. The minimum absolute atomic E-state index is 0.0260. The maximum Gasteiger partial charge on any atom is 0.0756 e. The van der Waals surface area contributed by atoms with Crippen molar-refractivity contribution in [1.29, 1.82) is 0 Å². The monoisotopic (exact) mass is 193 g/mol. The van der Waals surface area contributed by atoms with Crippen molar-refractivity contribution in [1.82, 2.24) is 9.97 Å². The summed E-state index contributed by atoms with van der Waals surface area (Å²) in [6, 6.07) is 0.0260. The molecule has 0 aliphatic heterocycles. The van der Waals surface area contributed by atoms with Crippen molar-refractivity contribution < 1.29 is 0 Å². The quantitative estimate of drug-likeness (QED) is 0.797. The van der Waals surface area contributed by atoms with E-state index in [1.165, 1.54) is 0 Å². The van der Waals surface area contributed by atoms with Crippen LogP contribution >= 0.6 is 0 Å². The fourth-order valence-corrected chi connectivity index (χ4v) is 1.61. The van der Waals surface area contributed by atoms with E-state index in [1.54, 1.807) is 12.4 Å². The predicted molar refractivity (Wildman–Crippen MR) is 57.8 cm³/mol. The lowest BCUT2D eigenvalue weighted by Crippen LogP contribution is -2.21. The lowest BCUT2D eigenvalue weighted by atomic mass is 9.93. The number of hydrogen-bond donors (Lipinski definition) is 1. The first-order valence-electron chi connectivity index (χ1n) is 5.23. The summed E-state index contributed by atoms with van der Waals surface area (Å²) in [6.45, 7) is 6.25. The van der Waals surface area contributed by atoms with Crippen LogP contribution in [0, 0.1) is 12.8 Å². The molecular formula is C11H19N3. The molecule has 1 rings (SSSR count). The molecule has 0 bridgehead atoms. The second kappa shape index (κ2) is 5.05. The van der Waals surface area contributed by atoms with Crippen LogP contribution in [0.2, 0.25) is 0 Å². The van der Waals surface area contributed by atoms with Gasteiger partial charge in [-0.1, -0.05) is 26.7 Å². The number of nitrogens with zero attached hydrogens (tertiary/aromatic N) is 2. The highest BCUT2D eigenvalue weighted by atomic mass is 14.8. The van der Waals surface area contributed by atoms with E-state index < -0.39 is 0 Å². The Morgan fingerprint density at radius 2 is 1.86 bits per heavy atom. The third-order valence-corrected chi connectivity index (χ3v) is 2.70. The van der Waals surface area contributed by atoms with Gasteiger partial charge in [-0.3, -0.25) is 9.97 Å². The first-order valence-corrected chi connectivity index (χ1v) is 5.23. The predicted octanol–water partition coefficient (Wildman–Crippen LogP) is 2.22. The summed E-state index contributed by atoms with van der Waals surface area (Å²) < 4.78 is 0. The molecular weight excluding hydrogens is 174 g/mol. The molecule has 1 aromatic rings. The van der Waals surface area contributed by atoms with Crippen molar-refractivity contribution in [2.24, 2.45) is 11.7 Å². The van der Waals surface area contributed by atoms with Crippen LogP contribution in [0.15, 0.2) is 12.4 Å². The number of rotatable bonds is 4. The van der Waals surface area contributed by atoms with Crippen LogP contribution < -0.4 is 5.73 Å². The van der Waals surface area contributed by atoms with Crippen LogP contribution in [0.3, 0.4) is 0 Å². The maximum atomic E-state index is 6.11. The third kappa shape index (κ3) is 2.51. The Morgan fingerprint density at radius 3 is 2.29 bits per heavy atom. The van der Waals surface area contributed by atoms with E-state index in [4.69, 9.17) is 5.73 Å². The van der Waals surface area contributed by atoms with Crippen LogP contribution in [-0.4, -0.2) is 9.97 Å². The van der Waals surface area contributed by atoms with Gasteiger partial charge in [-0.2, -0.15) is 0 Å². The van der Waals surface area contributed by atoms with E-state index in [2.05, 4.69) is 23.8 Å². The van der Waals surface area contributed by atoms with Gasteiger partial charge in [0.15, 0.2) is 0 Å². The molecule has 0 saturated carbocycles. The van der Waals surface area contributed by atoms with Crippen LogP contribution in [0.4, 0.5) is 0 Å². The molecule has 0 saturated heterocycles. The average Bonchev–Trinajstić information content (AvgIpc) is 2.20. The Bertz CT molecular complexity index is 264. The lowest BCUT2D eigenvalue weighted by Gasteiger charge is -2.20. The fraction of sp³-hybridized carbons (Fsp3) is 0.636. The van der Waals surface area contributed by atoms with Crippen molar-refractivity contribution in [2.75, 3.05) is 0 Å². The molecule has 0 aromatic carbocycles. The van der Waals surface area contributed by atoms with Gasteiger partial charge in [0.25, 0.3) is 0 Å². The molecule has 0 aliphatic rings. The molecule has 0 aliphatic carbocycles. The Kier molecular flexibility index (Phi) is 4.01. The van der Waals surface area contributed by atoms with E-state index in [9.17, 15) is 0 Å². The van der Waals surface area contributed by atoms with E-state index >= 15 is 0 Å². The van der Waals surface area contributed by atoms with Crippen LogP contribution in [0.1, 0.15) is 44.1 Å². The Balaban J connectivity index is 2.77. The SMILES string of the molecule is CCC(CC)C(N)c1cnc(C)cn1. The van der Waals surface area contributed by atoms with Gasteiger partial charge >= 0.3 is 0 Å². The highest BCUT2D eigenvalue weighted by Crippen LogP contribution is 2.22. The smallest absolute Gasteiger partial charge is 0.0756 e. The first kappa shape index (κ1) is 11.1. The molecule has 1 aromatic heterocycles. The van der Waals surface area contributed by atoms with Crippen molar-refractivity contribution in [3.05, 3.63) is 23.8 Å². The molecule has 0 spiro atoms. The zero-order chi connectivity index (χ0) is 10.6. The topological polar surface area (TPSA) is 51.8 Å². The molecule has 3 heteroatoms. The van der Waals surface area contributed by atoms with Crippen molar-refractivity contribution in [3.8, 4) is 0 Å². The van der Waals surface area contributed by atoms with Gasteiger partial charge in [-0.05, 0) is 12.8 Å². The number of hydrogen-bond acceptors (Lipinski definition) is 3. The summed E-state index contributed by atoms with van der Waals surface area (Å²) in [4.78, 5) is 8.52. The molecule has 0 amide bonds. The van der Waals surface area contributed by atoms with Gasteiger partial charge in [0, 0.05) is 6.20 Å². The van der Waals surface area contributed by atoms with Gasteiger partial charge in [-0.15, -0.1) is 0 Å². The van der Waals surface area contributed by atoms with E-state index in [0.29, 0.717) is 5.92 Å². The minimum atomic E-state index is 0.0260. The summed E-state index contributed by atoms with van der Waals surface area (Å²) in [6.07, 6.45) is 5.75. The van der Waals surface area contributed by atoms with Gasteiger partial charge in [0.2, 0.25) is 0 Å². The molecule has 1 atom stereocenters. The average molecular weight is 193 g/mol. The summed E-state index contributed by atoms with van der Waals surface area (Å²) in [5, 5.41) is 0. The molecule has 3 nitrogen and oxygen atoms in total. The second-order valence-electron chi connectivity index (χ2n) is 3.69. The van der Waals surface area contributed by atoms with Crippen molar-refractivity contribution >= 4 is 0 Å². The van der Waals surface area contributed by atoms with Crippen molar-refractivity contribution in [3.63, 3.8) is 0 Å². The van der Waals surface area contributed by atoms with Crippen molar-refractivity contribution in [2.45, 2.75) is 39.7 Å². The third-order valence-electron chi connectivity index (χ3n) is 2.70. The molecule has 0 radical (unpaired) electrons. The van der Waals surface area contributed by atoms with Crippen LogP contribution in [-0.2, 0) is 0 Å². The first-order chi connectivity index (χ1) is 6.69. The minimum Gasteiger partial charge on any atom is -0.322 e. The molecule has 14 heavy (non-hydrogen) atoms. The van der Waals surface area contributed by atoms with Crippen LogP contribution in [0.25, 0.3) is 0 Å².